The van der Waals surface area contributed by atoms with Gasteiger partial charge < -0.3 is 15.0 Å². The molecule has 0 aromatic heterocycles. The summed E-state index contributed by atoms with van der Waals surface area (Å²) >= 11 is 0. The van der Waals surface area contributed by atoms with Crippen LogP contribution >= 0.6 is 0 Å². The molecule has 1 aliphatic carbocycles. The standard InChI is InChI=1S/C17H30N2O2/c1-2-19(11-13-9-10-21-12-13)17(20)16-8-7-14-5-3-4-6-15(14)18-16/h13-16,18H,2-12H2,1H3. The second kappa shape index (κ2) is 7.10. The molecule has 1 saturated carbocycles. The third-order valence-electron chi connectivity index (χ3n) is 5.64. The van der Waals surface area contributed by atoms with E-state index in [0.29, 0.717) is 17.9 Å². The van der Waals surface area contributed by atoms with Crippen molar-refractivity contribution >= 4 is 5.91 Å². The first kappa shape index (κ1) is 15.3. The van der Waals surface area contributed by atoms with E-state index in [1.54, 1.807) is 0 Å². The van der Waals surface area contributed by atoms with Gasteiger partial charge in [0.2, 0.25) is 5.91 Å². The minimum atomic E-state index is 0.0617. The molecule has 1 N–H and O–H groups in total. The SMILES string of the molecule is CCN(CC1CCOC1)C(=O)C1CCC2CCCCC2N1. The fourth-order valence-electron chi connectivity index (χ4n) is 4.32. The van der Waals surface area contributed by atoms with Crippen LogP contribution in [0.15, 0.2) is 0 Å². The Labute approximate surface area is 128 Å². The van der Waals surface area contributed by atoms with Crippen LogP contribution in [0.2, 0.25) is 0 Å². The number of hydrogen-bond acceptors (Lipinski definition) is 3. The molecule has 21 heavy (non-hydrogen) atoms. The molecule has 2 heterocycles. The molecule has 0 aromatic rings. The minimum Gasteiger partial charge on any atom is -0.381 e. The van der Waals surface area contributed by atoms with Crippen molar-refractivity contribution in [3.63, 3.8) is 0 Å². The van der Waals surface area contributed by atoms with Crippen LogP contribution < -0.4 is 5.32 Å². The average molecular weight is 294 g/mol. The Morgan fingerprint density at radius 2 is 2.05 bits per heavy atom. The summed E-state index contributed by atoms with van der Waals surface area (Å²) in [6.07, 6.45) is 8.69. The van der Waals surface area contributed by atoms with E-state index in [2.05, 4.69) is 17.1 Å². The summed E-state index contributed by atoms with van der Waals surface area (Å²) in [5, 5.41) is 3.67. The van der Waals surface area contributed by atoms with Gasteiger partial charge in [-0.1, -0.05) is 12.8 Å². The van der Waals surface area contributed by atoms with Gasteiger partial charge in [0.1, 0.15) is 0 Å². The summed E-state index contributed by atoms with van der Waals surface area (Å²) in [6.45, 7) is 5.48. The zero-order valence-corrected chi connectivity index (χ0v) is 13.4. The Hall–Kier alpha value is -0.610. The second-order valence-corrected chi connectivity index (χ2v) is 7.05. The Morgan fingerprint density at radius 3 is 2.81 bits per heavy atom. The predicted octanol–water partition coefficient (Wildman–Crippen LogP) is 2.18. The molecular formula is C17H30N2O2. The topological polar surface area (TPSA) is 41.6 Å². The largest absolute Gasteiger partial charge is 0.381 e. The highest BCUT2D eigenvalue weighted by atomic mass is 16.5. The fourth-order valence-corrected chi connectivity index (χ4v) is 4.32. The van der Waals surface area contributed by atoms with E-state index in [4.69, 9.17) is 4.74 Å². The molecule has 4 atom stereocenters. The van der Waals surface area contributed by atoms with Gasteiger partial charge in [0.05, 0.1) is 12.6 Å². The molecular weight excluding hydrogens is 264 g/mol. The number of piperidine rings is 1. The normalized spacial score (nSPS) is 36.2. The van der Waals surface area contributed by atoms with Crippen molar-refractivity contribution in [3.8, 4) is 0 Å². The molecule has 1 amide bonds. The lowest BCUT2D eigenvalue weighted by molar-refractivity contribution is -0.135. The van der Waals surface area contributed by atoms with E-state index in [9.17, 15) is 4.79 Å². The monoisotopic (exact) mass is 294 g/mol. The van der Waals surface area contributed by atoms with E-state index in [0.717, 1.165) is 45.1 Å². The van der Waals surface area contributed by atoms with Crippen LogP contribution in [0, 0.1) is 11.8 Å². The maximum Gasteiger partial charge on any atom is 0.239 e. The Kier molecular flexibility index (Phi) is 5.17. The molecule has 3 aliphatic rings. The minimum absolute atomic E-state index is 0.0617. The highest BCUT2D eigenvalue weighted by molar-refractivity contribution is 5.82. The molecule has 3 fully saturated rings. The third kappa shape index (κ3) is 3.59. The maximum absolute atomic E-state index is 12.8. The number of carbonyl (C=O) groups excluding carboxylic acids is 1. The molecule has 0 bridgehead atoms. The number of ether oxygens (including phenoxy) is 1. The van der Waals surface area contributed by atoms with Crippen molar-refractivity contribution < 1.29 is 9.53 Å². The molecule has 4 nitrogen and oxygen atoms in total. The first-order chi connectivity index (χ1) is 10.3. The average Bonchev–Trinajstić information content (AvgIpc) is 3.04. The van der Waals surface area contributed by atoms with Gasteiger partial charge in [-0.3, -0.25) is 4.79 Å². The van der Waals surface area contributed by atoms with Gasteiger partial charge in [-0.25, -0.2) is 0 Å². The van der Waals surface area contributed by atoms with E-state index < -0.39 is 0 Å². The van der Waals surface area contributed by atoms with Crippen molar-refractivity contribution in [2.24, 2.45) is 11.8 Å². The molecule has 0 radical (unpaired) electrons. The summed E-state index contributed by atoms with van der Waals surface area (Å²) in [4.78, 5) is 14.9. The number of fused-ring (bicyclic) bond motifs is 1. The summed E-state index contributed by atoms with van der Waals surface area (Å²) in [6, 6.07) is 0.654. The molecule has 2 aliphatic heterocycles. The number of amides is 1. The van der Waals surface area contributed by atoms with Crippen molar-refractivity contribution in [1.29, 1.82) is 0 Å². The maximum atomic E-state index is 12.8. The summed E-state index contributed by atoms with van der Waals surface area (Å²) in [5.74, 6) is 1.69. The van der Waals surface area contributed by atoms with E-state index in [1.807, 2.05) is 0 Å². The summed E-state index contributed by atoms with van der Waals surface area (Å²) in [7, 11) is 0. The van der Waals surface area contributed by atoms with Crippen LogP contribution in [0.4, 0.5) is 0 Å². The van der Waals surface area contributed by atoms with Gasteiger partial charge >= 0.3 is 0 Å². The molecule has 3 rings (SSSR count). The zero-order chi connectivity index (χ0) is 14.7. The number of hydrogen-bond donors (Lipinski definition) is 1. The molecule has 120 valence electrons. The lowest BCUT2D eigenvalue weighted by Crippen LogP contribution is -2.56. The number of likely N-dealkylation sites (N-methyl/N-ethyl adjacent to an activating group) is 1. The van der Waals surface area contributed by atoms with Gasteiger partial charge in [-0.2, -0.15) is 0 Å². The molecule has 0 aromatic carbocycles. The third-order valence-corrected chi connectivity index (χ3v) is 5.64. The van der Waals surface area contributed by atoms with Crippen LogP contribution in [0.3, 0.4) is 0 Å². The van der Waals surface area contributed by atoms with E-state index >= 15 is 0 Å². The zero-order valence-electron chi connectivity index (χ0n) is 13.4. The van der Waals surface area contributed by atoms with Gasteiger partial charge in [-0.15, -0.1) is 0 Å². The lowest BCUT2D eigenvalue weighted by Gasteiger charge is -2.41. The van der Waals surface area contributed by atoms with Crippen molar-refractivity contribution in [3.05, 3.63) is 0 Å². The van der Waals surface area contributed by atoms with E-state index in [-0.39, 0.29) is 6.04 Å². The smallest absolute Gasteiger partial charge is 0.239 e. The fraction of sp³-hybridized carbons (Fsp3) is 0.941. The number of carbonyl (C=O) groups is 1. The first-order valence-electron chi connectivity index (χ1n) is 8.90. The van der Waals surface area contributed by atoms with Crippen molar-refractivity contribution in [2.75, 3.05) is 26.3 Å². The van der Waals surface area contributed by atoms with Crippen molar-refractivity contribution in [2.45, 2.75) is 64.0 Å². The van der Waals surface area contributed by atoms with Crippen molar-refractivity contribution in [1.82, 2.24) is 10.2 Å². The van der Waals surface area contributed by atoms with Crippen LogP contribution in [-0.4, -0.2) is 49.2 Å². The second-order valence-electron chi connectivity index (χ2n) is 7.05. The number of nitrogens with one attached hydrogen (secondary N) is 1. The Bertz CT molecular complexity index is 355. The van der Waals surface area contributed by atoms with Gasteiger partial charge in [-0.05, 0) is 44.9 Å². The molecule has 2 saturated heterocycles. The van der Waals surface area contributed by atoms with Gasteiger partial charge in [0.15, 0.2) is 0 Å². The highest BCUT2D eigenvalue weighted by Gasteiger charge is 2.36. The van der Waals surface area contributed by atoms with Crippen LogP contribution in [0.25, 0.3) is 0 Å². The number of nitrogens with zero attached hydrogens (tertiary/aromatic N) is 1. The Balaban J connectivity index is 1.55. The quantitative estimate of drug-likeness (QED) is 0.864. The highest BCUT2D eigenvalue weighted by Crippen LogP contribution is 2.32. The number of rotatable bonds is 4. The first-order valence-corrected chi connectivity index (χ1v) is 8.90. The Morgan fingerprint density at radius 1 is 1.19 bits per heavy atom. The van der Waals surface area contributed by atoms with Gasteiger partial charge in [0.25, 0.3) is 0 Å². The van der Waals surface area contributed by atoms with Crippen LogP contribution in [-0.2, 0) is 9.53 Å². The molecule has 4 heteroatoms. The lowest BCUT2D eigenvalue weighted by atomic mass is 9.77. The predicted molar refractivity (Wildman–Crippen MR) is 83.1 cm³/mol. The van der Waals surface area contributed by atoms with Gasteiger partial charge in [0, 0.05) is 31.7 Å². The van der Waals surface area contributed by atoms with E-state index in [1.165, 1.54) is 32.1 Å². The van der Waals surface area contributed by atoms with Crippen LogP contribution in [0.1, 0.15) is 51.9 Å². The summed E-state index contributed by atoms with van der Waals surface area (Å²) in [5.41, 5.74) is 0. The van der Waals surface area contributed by atoms with Crippen LogP contribution in [0.5, 0.6) is 0 Å². The molecule has 0 spiro atoms. The summed E-state index contributed by atoms with van der Waals surface area (Å²) < 4.78 is 5.44. The molecule has 4 unspecified atom stereocenters.